The van der Waals surface area contributed by atoms with Crippen LogP contribution in [0.1, 0.15) is 81.3 Å². The first kappa shape index (κ1) is 21.8. The predicted octanol–water partition coefficient (Wildman–Crippen LogP) is 1.06. The lowest BCUT2D eigenvalue weighted by Crippen LogP contribution is -3.29. The first-order chi connectivity index (χ1) is 15.7. The minimum absolute atomic E-state index is 0.217. The molecule has 2 aliphatic carbocycles. The maximum atomic E-state index is 4.64. The molecule has 5 rings (SSSR count). The van der Waals surface area contributed by atoms with Crippen molar-refractivity contribution in [3.05, 3.63) is 35.7 Å². The summed E-state index contributed by atoms with van der Waals surface area (Å²) in [5.74, 6) is 1.07. The number of quaternary nitrogens is 2. The summed E-state index contributed by atoms with van der Waals surface area (Å²) in [5.41, 5.74) is 2.59. The number of hydrogen-bond donors (Lipinski definition) is 2. The number of nitrogens with zero attached hydrogens (tertiary/aromatic N) is 5. The van der Waals surface area contributed by atoms with Gasteiger partial charge in [-0.15, -0.1) is 5.10 Å². The summed E-state index contributed by atoms with van der Waals surface area (Å²) < 4.78 is 2.19. The molecule has 1 saturated heterocycles. The highest BCUT2D eigenvalue weighted by molar-refractivity contribution is 5.46. The number of hydrogen-bond acceptors (Lipinski definition) is 4. The molecule has 3 fully saturated rings. The van der Waals surface area contributed by atoms with Gasteiger partial charge in [0.2, 0.25) is 5.82 Å². The third-order valence-electron chi connectivity index (χ3n) is 8.32. The Bertz CT molecular complexity index is 841. The first-order valence-electron chi connectivity index (χ1n) is 12.9. The second kappa shape index (κ2) is 9.87. The van der Waals surface area contributed by atoms with Crippen LogP contribution in [0.3, 0.4) is 0 Å². The fraction of sp³-hybridized carbons (Fsp3) is 0.720. The van der Waals surface area contributed by atoms with Crippen LogP contribution in [0.5, 0.6) is 0 Å². The quantitative estimate of drug-likeness (QED) is 0.707. The average molecular weight is 440 g/mol. The summed E-state index contributed by atoms with van der Waals surface area (Å²) >= 11 is 0. The van der Waals surface area contributed by atoms with Crippen LogP contribution in [0.15, 0.2) is 24.3 Å². The molecule has 1 aliphatic heterocycles. The molecule has 2 aromatic rings. The van der Waals surface area contributed by atoms with E-state index in [4.69, 9.17) is 0 Å². The number of tetrazole rings is 1. The Kier molecular flexibility index (Phi) is 6.74. The van der Waals surface area contributed by atoms with Crippen molar-refractivity contribution in [2.75, 3.05) is 45.2 Å². The van der Waals surface area contributed by atoms with Crippen molar-refractivity contribution in [2.45, 2.75) is 75.9 Å². The van der Waals surface area contributed by atoms with E-state index in [1.165, 1.54) is 95.2 Å². The van der Waals surface area contributed by atoms with Gasteiger partial charge in [0.25, 0.3) is 0 Å². The Morgan fingerprint density at radius 3 is 2.19 bits per heavy atom. The predicted molar refractivity (Wildman–Crippen MR) is 126 cm³/mol. The molecule has 7 heteroatoms. The molecular formula is C25H41N7+2. The molecule has 2 saturated carbocycles. The van der Waals surface area contributed by atoms with Crippen LogP contribution in [0.2, 0.25) is 0 Å². The molecule has 0 spiro atoms. The number of nitrogens with one attached hydrogen (secondary N) is 2. The molecule has 0 radical (unpaired) electrons. The fourth-order valence-corrected chi connectivity index (χ4v) is 6.43. The lowest BCUT2D eigenvalue weighted by atomic mass is 9.93. The van der Waals surface area contributed by atoms with Gasteiger partial charge in [-0.05, 0) is 61.1 Å². The van der Waals surface area contributed by atoms with E-state index in [9.17, 15) is 0 Å². The maximum Gasteiger partial charge on any atom is 0.214 e. The Morgan fingerprint density at radius 2 is 1.53 bits per heavy atom. The monoisotopic (exact) mass is 439 g/mol. The molecular weight excluding hydrogens is 398 g/mol. The minimum Gasteiger partial charge on any atom is -0.378 e. The van der Waals surface area contributed by atoms with E-state index < -0.39 is 0 Å². The Labute approximate surface area is 192 Å². The topological polar surface area (TPSA) is 55.7 Å². The fourth-order valence-electron chi connectivity index (χ4n) is 6.43. The van der Waals surface area contributed by atoms with Crippen molar-refractivity contribution >= 4 is 5.69 Å². The molecule has 1 aromatic heterocycles. The molecule has 1 atom stereocenters. The van der Waals surface area contributed by atoms with Crippen LogP contribution in [-0.4, -0.2) is 66.5 Å². The van der Waals surface area contributed by atoms with E-state index in [0.29, 0.717) is 6.04 Å². The summed E-state index contributed by atoms with van der Waals surface area (Å²) in [7, 11) is 4.21. The zero-order chi connectivity index (χ0) is 21.9. The van der Waals surface area contributed by atoms with Crippen molar-refractivity contribution in [1.82, 2.24) is 20.2 Å². The molecule has 7 nitrogen and oxygen atoms in total. The first-order valence-corrected chi connectivity index (χ1v) is 12.9. The second-order valence-electron chi connectivity index (χ2n) is 10.5. The molecule has 3 aliphatic rings. The zero-order valence-electron chi connectivity index (χ0n) is 20.0. The summed E-state index contributed by atoms with van der Waals surface area (Å²) in [6.45, 7) is 4.95. The van der Waals surface area contributed by atoms with Gasteiger partial charge >= 0.3 is 0 Å². The zero-order valence-corrected chi connectivity index (χ0v) is 20.0. The minimum atomic E-state index is 0.217. The number of piperazine rings is 1. The number of anilines is 1. The molecule has 0 unspecified atom stereocenters. The lowest BCUT2D eigenvalue weighted by Gasteiger charge is -2.38. The molecule has 2 N–H and O–H groups in total. The van der Waals surface area contributed by atoms with Crippen LogP contribution >= 0.6 is 0 Å². The Morgan fingerprint density at radius 1 is 0.875 bits per heavy atom. The van der Waals surface area contributed by atoms with Gasteiger partial charge in [0.15, 0.2) is 6.04 Å². The van der Waals surface area contributed by atoms with Crippen LogP contribution < -0.4 is 14.7 Å². The van der Waals surface area contributed by atoms with E-state index >= 15 is 0 Å². The Balaban J connectivity index is 1.40. The SMILES string of the molecule is CN(C)c1ccc([C@H](c2nnnn2C2CCCC2)[NH+]2CC[NH+](C3CCCCC3)CC2)cc1. The summed E-state index contributed by atoms with van der Waals surface area (Å²) in [5, 5.41) is 13.3. The summed E-state index contributed by atoms with van der Waals surface area (Å²) in [6.07, 6.45) is 12.2. The molecule has 1 aromatic carbocycles. The number of rotatable bonds is 6. The summed E-state index contributed by atoms with van der Waals surface area (Å²) in [6, 6.07) is 10.7. The van der Waals surface area contributed by atoms with Gasteiger partial charge in [0.1, 0.15) is 26.2 Å². The third kappa shape index (κ3) is 4.55. The standard InChI is InChI=1S/C25H39N7/c1-29(2)21-14-12-20(13-15-21)24(25-26-27-28-32(25)23-10-6-7-11-23)31-18-16-30(17-19-31)22-8-4-3-5-9-22/h12-15,22-24H,3-11,16-19H2,1-2H3/p+2/t24-/m1/s1. The van der Waals surface area contributed by atoms with E-state index in [1.807, 2.05) is 4.90 Å². The molecule has 0 bridgehead atoms. The van der Waals surface area contributed by atoms with Crippen LogP contribution in [0.25, 0.3) is 0 Å². The van der Waals surface area contributed by atoms with Gasteiger partial charge < -0.3 is 14.7 Å². The highest BCUT2D eigenvalue weighted by atomic mass is 15.6. The van der Waals surface area contributed by atoms with Crippen molar-refractivity contribution in [3.8, 4) is 0 Å². The van der Waals surface area contributed by atoms with Gasteiger partial charge in [-0.1, -0.05) is 31.4 Å². The van der Waals surface area contributed by atoms with E-state index in [2.05, 4.69) is 63.5 Å². The average Bonchev–Trinajstić information content (AvgIpc) is 3.53. The molecule has 2 heterocycles. The molecule has 32 heavy (non-hydrogen) atoms. The number of benzene rings is 1. The van der Waals surface area contributed by atoms with Gasteiger partial charge in [0, 0.05) is 25.3 Å². The number of aromatic nitrogens is 4. The maximum absolute atomic E-state index is 4.64. The second-order valence-corrected chi connectivity index (χ2v) is 10.5. The smallest absolute Gasteiger partial charge is 0.214 e. The van der Waals surface area contributed by atoms with Crippen molar-refractivity contribution < 1.29 is 9.80 Å². The van der Waals surface area contributed by atoms with Crippen molar-refractivity contribution in [3.63, 3.8) is 0 Å². The van der Waals surface area contributed by atoms with Gasteiger partial charge in [0.05, 0.1) is 12.1 Å². The van der Waals surface area contributed by atoms with Crippen molar-refractivity contribution in [2.24, 2.45) is 0 Å². The third-order valence-corrected chi connectivity index (χ3v) is 8.32. The van der Waals surface area contributed by atoms with Gasteiger partial charge in [-0.2, -0.15) is 0 Å². The van der Waals surface area contributed by atoms with Gasteiger partial charge in [-0.25, -0.2) is 4.68 Å². The molecule has 0 amide bonds. The van der Waals surface area contributed by atoms with Crippen LogP contribution in [-0.2, 0) is 0 Å². The Hall–Kier alpha value is -1.99. The van der Waals surface area contributed by atoms with E-state index in [0.717, 1.165) is 11.9 Å². The normalized spacial score (nSPS) is 26.3. The van der Waals surface area contributed by atoms with E-state index in [1.54, 1.807) is 4.90 Å². The lowest BCUT2D eigenvalue weighted by molar-refractivity contribution is -1.03. The highest BCUT2D eigenvalue weighted by Gasteiger charge is 2.38. The summed E-state index contributed by atoms with van der Waals surface area (Å²) in [4.78, 5) is 5.65. The van der Waals surface area contributed by atoms with Gasteiger partial charge in [-0.3, -0.25) is 0 Å². The molecule has 174 valence electrons. The largest absolute Gasteiger partial charge is 0.378 e. The van der Waals surface area contributed by atoms with E-state index in [-0.39, 0.29) is 6.04 Å². The highest BCUT2D eigenvalue weighted by Crippen LogP contribution is 2.31. The van der Waals surface area contributed by atoms with Crippen LogP contribution in [0.4, 0.5) is 5.69 Å². The van der Waals surface area contributed by atoms with Crippen molar-refractivity contribution in [1.29, 1.82) is 0 Å². The van der Waals surface area contributed by atoms with Crippen LogP contribution in [0, 0.1) is 0 Å².